The molecule has 0 radical (unpaired) electrons. The van der Waals surface area contributed by atoms with Crippen LogP contribution in [0.3, 0.4) is 0 Å². The first-order valence-electron chi connectivity index (χ1n) is 7.89. The monoisotopic (exact) mass is 358 g/mol. The van der Waals surface area contributed by atoms with Crippen LogP contribution in [0.4, 0.5) is 0 Å². The third-order valence-electron chi connectivity index (χ3n) is 3.73. The molecule has 1 unspecified atom stereocenters. The van der Waals surface area contributed by atoms with Crippen LogP contribution in [-0.2, 0) is 21.4 Å². The topological polar surface area (TPSA) is 66.5 Å². The molecule has 0 saturated heterocycles. The van der Waals surface area contributed by atoms with E-state index in [2.05, 4.69) is 11.3 Å². The van der Waals surface area contributed by atoms with Crippen LogP contribution in [0.15, 0.2) is 72.1 Å². The van der Waals surface area contributed by atoms with E-state index in [1.54, 1.807) is 24.3 Å². The maximum atomic E-state index is 12.5. The molecule has 0 saturated carbocycles. The summed E-state index contributed by atoms with van der Waals surface area (Å²) in [7, 11) is -3.68. The quantitative estimate of drug-likeness (QED) is 0.553. The molecule has 1 amide bonds. The molecule has 2 aromatic rings. The summed E-state index contributed by atoms with van der Waals surface area (Å²) in [6.07, 6.45) is 2.21. The number of benzene rings is 2. The second-order valence-electron chi connectivity index (χ2n) is 5.80. The Morgan fingerprint density at radius 3 is 2.32 bits per heavy atom. The molecule has 1 atom stereocenters. The van der Waals surface area contributed by atoms with Gasteiger partial charge in [-0.05, 0) is 24.6 Å². The molecule has 2 aromatic carbocycles. The number of nitrogens with zero attached hydrogens (tertiary/aromatic N) is 1. The molecule has 132 valence electrons. The zero-order chi connectivity index (χ0) is 18.3. The Hall–Kier alpha value is -2.44. The SMILES string of the molecule is C=CC(CN(C=O)Cc1ccccc1)NS(=O)(=O)c1ccc(C)cc1. The molecule has 0 aromatic heterocycles. The number of hydrogen-bond acceptors (Lipinski definition) is 3. The molecule has 0 aliphatic heterocycles. The Labute approximate surface area is 149 Å². The minimum absolute atomic E-state index is 0.186. The van der Waals surface area contributed by atoms with E-state index in [4.69, 9.17) is 0 Å². The summed E-state index contributed by atoms with van der Waals surface area (Å²) in [6.45, 7) is 6.17. The van der Waals surface area contributed by atoms with Crippen LogP contribution in [0.25, 0.3) is 0 Å². The predicted octanol–water partition coefficient (Wildman–Crippen LogP) is 2.49. The van der Waals surface area contributed by atoms with Gasteiger partial charge in [-0.2, -0.15) is 0 Å². The van der Waals surface area contributed by atoms with E-state index in [9.17, 15) is 13.2 Å². The minimum atomic E-state index is -3.68. The fourth-order valence-corrected chi connectivity index (χ4v) is 3.56. The van der Waals surface area contributed by atoms with Gasteiger partial charge in [0.1, 0.15) is 0 Å². The van der Waals surface area contributed by atoms with E-state index < -0.39 is 16.1 Å². The molecule has 0 fully saturated rings. The molecular weight excluding hydrogens is 336 g/mol. The summed E-state index contributed by atoms with van der Waals surface area (Å²) >= 11 is 0. The average Bonchev–Trinajstić information content (AvgIpc) is 2.61. The fourth-order valence-electron chi connectivity index (χ4n) is 2.36. The highest BCUT2D eigenvalue weighted by Crippen LogP contribution is 2.11. The molecule has 25 heavy (non-hydrogen) atoms. The molecule has 0 aliphatic carbocycles. The first-order valence-corrected chi connectivity index (χ1v) is 9.38. The van der Waals surface area contributed by atoms with E-state index in [0.29, 0.717) is 13.0 Å². The molecule has 1 N–H and O–H groups in total. The van der Waals surface area contributed by atoms with Crippen LogP contribution in [0.2, 0.25) is 0 Å². The maximum Gasteiger partial charge on any atom is 0.241 e. The lowest BCUT2D eigenvalue weighted by atomic mass is 10.2. The third-order valence-corrected chi connectivity index (χ3v) is 5.24. The summed E-state index contributed by atoms with van der Waals surface area (Å²) in [5, 5.41) is 0. The number of nitrogens with one attached hydrogen (secondary N) is 1. The fraction of sp³-hybridized carbons (Fsp3) is 0.211. The summed E-state index contributed by atoms with van der Waals surface area (Å²) in [6, 6.07) is 15.5. The second kappa shape index (κ2) is 8.60. The van der Waals surface area contributed by atoms with E-state index in [1.807, 2.05) is 37.3 Å². The van der Waals surface area contributed by atoms with E-state index in [1.165, 1.54) is 11.0 Å². The van der Waals surface area contributed by atoms with Crippen LogP contribution in [-0.4, -0.2) is 32.3 Å². The van der Waals surface area contributed by atoms with Crippen molar-refractivity contribution in [3.05, 3.63) is 78.4 Å². The molecule has 0 aliphatic rings. The van der Waals surface area contributed by atoms with Gasteiger partial charge in [-0.15, -0.1) is 6.58 Å². The average molecular weight is 358 g/mol. The van der Waals surface area contributed by atoms with Gasteiger partial charge in [0, 0.05) is 13.1 Å². The van der Waals surface area contributed by atoms with Gasteiger partial charge in [0.05, 0.1) is 10.9 Å². The Morgan fingerprint density at radius 1 is 1.12 bits per heavy atom. The summed E-state index contributed by atoms with van der Waals surface area (Å²) in [5.41, 5.74) is 1.95. The lowest BCUT2D eigenvalue weighted by Gasteiger charge is -2.23. The van der Waals surface area contributed by atoms with Gasteiger partial charge in [-0.25, -0.2) is 13.1 Å². The van der Waals surface area contributed by atoms with Crippen molar-refractivity contribution >= 4 is 16.4 Å². The molecule has 0 heterocycles. The van der Waals surface area contributed by atoms with Crippen LogP contribution < -0.4 is 4.72 Å². The van der Waals surface area contributed by atoms with Gasteiger partial charge in [-0.1, -0.05) is 54.1 Å². The van der Waals surface area contributed by atoms with Crippen molar-refractivity contribution < 1.29 is 13.2 Å². The summed E-state index contributed by atoms with van der Waals surface area (Å²) in [4.78, 5) is 13.0. The van der Waals surface area contributed by atoms with Crippen LogP contribution >= 0.6 is 0 Å². The lowest BCUT2D eigenvalue weighted by Crippen LogP contribution is -2.42. The highest BCUT2D eigenvalue weighted by molar-refractivity contribution is 7.89. The molecule has 0 bridgehead atoms. The number of sulfonamides is 1. The van der Waals surface area contributed by atoms with Crippen LogP contribution in [0.5, 0.6) is 0 Å². The number of hydrogen-bond donors (Lipinski definition) is 1. The number of aryl methyl sites for hydroxylation is 1. The predicted molar refractivity (Wildman–Crippen MR) is 98.4 cm³/mol. The van der Waals surface area contributed by atoms with Crippen molar-refractivity contribution in [2.45, 2.75) is 24.4 Å². The maximum absolute atomic E-state index is 12.5. The van der Waals surface area contributed by atoms with E-state index in [-0.39, 0.29) is 11.4 Å². The Balaban J connectivity index is 2.06. The number of carbonyl (C=O) groups excluding carboxylic acids is 1. The zero-order valence-electron chi connectivity index (χ0n) is 14.1. The minimum Gasteiger partial charge on any atom is -0.339 e. The number of rotatable bonds is 9. The molecule has 5 nitrogen and oxygen atoms in total. The van der Waals surface area contributed by atoms with Crippen molar-refractivity contribution in [2.75, 3.05) is 6.54 Å². The molecular formula is C19H22N2O3S. The number of carbonyl (C=O) groups is 1. The normalized spacial score (nSPS) is 12.4. The molecule has 2 rings (SSSR count). The van der Waals surface area contributed by atoms with Crippen molar-refractivity contribution in [2.24, 2.45) is 0 Å². The van der Waals surface area contributed by atoms with E-state index >= 15 is 0 Å². The lowest BCUT2D eigenvalue weighted by molar-refractivity contribution is -0.118. The molecule has 0 spiro atoms. The summed E-state index contributed by atoms with van der Waals surface area (Å²) in [5.74, 6) is 0. The Kier molecular flexibility index (Phi) is 6.50. The third kappa shape index (κ3) is 5.55. The summed E-state index contributed by atoms with van der Waals surface area (Å²) < 4.78 is 27.5. The largest absolute Gasteiger partial charge is 0.339 e. The highest BCUT2D eigenvalue weighted by Gasteiger charge is 2.20. The van der Waals surface area contributed by atoms with Gasteiger partial charge in [0.25, 0.3) is 0 Å². The smallest absolute Gasteiger partial charge is 0.241 e. The van der Waals surface area contributed by atoms with Gasteiger partial charge in [0.15, 0.2) is 0 Å². The van der Waals surface area contributed by atoms with Crippen molar-refractivity contribution in [3.8, 4) is 0 Å². The molecule has 6 heteroatoms. The Morgan fingerprint density at radius 2 is 1.76 bits per heavy atom. The van der Waals surface area contributed by atoms with Gasteiger partial charge in [-0.3, -0.25) is 4.79 Å². The van der Waals surface area contributed by atoms with Crippen molar-refractivity contribution in [1.29, 1.82) is 0 Å². The van der Waals surface area contributed by atoms with Crippen LogP contribution in [0, 0.1) is 6.92 Å². The zero-order valence-corrected chi connectivity index (χ0v) is 14.9. The van der Waals surface area contributed by atoms with E-state index in [0.717, 1.165) is 11.1 Å². The van der Waals surface area contributed by atoms with Gasteiger partial charge >= 0.3 is 0 Å². The number of amides is 1. The van der Waals surface area contributed by atoms with Gasteiger partial charge in [0.2, 0.25) is 16.4 Å². The highest BCUT2D eigenvalue weighted by atomic mass is 32.2. The standard InChI is InChI=1S/C19H22N2O3S/c1-3-18(14-21(15-22)13-17-7-5-4-6-8-17)20-25(23,24)19-11-9-16(2)10-12-19/h3-12,15,18,20H,1,13-14H2,2H3. The first-order chi connectivity index (χ1) is 11.9. The Bertz CT molecular complexity index is 802. The van der Waals surface area contributed by atoms with Crippen LogP contribution in [0.1, 0.15) is 11.1 Å². The van der Waals surface area contributed by atoms with Crippen molar-refractivity contribution in [1.82, 2.24) is 9.62 Å². The van der Waals surface area contributed by atoms with Crippen molar-refractivity contribution in [3.63, 3.8) is 0 Å². The van der Waals surface area contributed by atoms with Gasteiger partial charge < -0.3 is 4.90 Å². The first kappa shape index (κ1) is 18.9. The second-order valence-corrected chi connectivity index (χ2v) is 7.51.